The Labute approximate surface area is 114 Å². The molecule has 0 aromatic heterocycles. The number of likely N-dealkylation sites (N-methyl/N-ethyl adjacent to an activating group) is 1. The summed E-state index contributed by atoms with van der Waals surface area (Å²) in [6.45, 7) is 2.13. The van der Waals surface area contributed by atoms with Gasteiger partial charge in [0, 0.05) is 32.2 Å². The zero-order valence-corrected chi connectivity index (χ0v) is 11.8. The van der Waals surface area contributed by atoms with Crippen LogP contribution < -0.4 is 11.1 Å². The van der Waals surface area contributed by atoms with Gasteiger partial charge in [0.15, 0.2) is 0 Å². The van der Waals surface area contributed by atoms with E-state index in [0.29, 0.717) is 17.3 Å². The zero-order chi connectivity index (χ0) is 14.0. The molecule has 0 aliphatic carbocycles. The van der Waals surface area contributed by atoms with Crippen LogP contribution in [0.3, 0.4) is 0 Å². The number of benzene rings is 1. The van der Waals surface area contributed by atoms with Crippen molar-refractivity contribution in [2.24, 2.45) is 0 Å². The van der Waals surface area contributed by atoms with Gasteiger partial charge in [0.1, 0.15) is 0 Å². The van der Waals surface area contributed by atoms with E-state index in [2.05, 4.69) is 17.3 Å². The van der Waals surface area contributed by atoms with Gasteiger partial charge in [0.2, 0.25) is 0 Å². The van der Waals surface area contributed by atoms with Gasteiger partial charge in [-0.2, -0.15) is 0 Å². The number of nitrogens with zero attached hydrogens (tertiary/aromatic N) is 2. The maximum atomic E-state index is 11.8. The maximum Gasteiger partial charge on any atom is 0.253 e. The highest BCUT2D eigenvalue weighted by Crippen LogP contribution is 2.23. The normalized spacial score (nSPS) is 19.4. The van der Waals surface area contributed by atoms with Crippen molar-refractivity contribution in [2.75, 3.05) is 45.3 Å². The molecule has 1 amide bonds. The van der Waals surface area contributed by atoms with Crippen LogP contribution in [0.5, 0.6) is 0 Å². The molecular weight excluding hydrogens is 240 g/mol. The monoisotopic (exact) mass is 262 g/mol. The molecule has 1 heterocycles. The summed E-state index contributed by atoms with van der Waals surface area (Å²) in [7, 11) is 5.59. The molecule has 5 heteroatoms. The first-order valence-corrected chi connectivity index (χ1v) is 6.53. The fraction of sp³-hybridized carbons (Fsp3) is 0.500. The fourth-order valence-electron chi connectivity index (χ4n) is 2.36. The average Bonchev–Trinajstić information content (AvgIpc) is 2.76. The van der Waals surface area contributed by atoms with E-state index in [1.54, 1.807) is 25.1 Å². The maximum absolute atomic E-state index is 11.8. The van der Waals surface area contributed by atoms with E-state index >= 15 is 0 Å². The molecule has 0 radical (unpaired) electrons. The molecule has 1 aromatic rings. The summed E-state index contributed by atoms with van der Waals surface area (Å²) in [5, 5.41) is 3.44. The molecule has 104 valence electrons. The molecule has 1 saturated heterocycles. The van der Waals surface area contributed by atoms with E-state index in [9.17, 15) is 4.79 Å². The first kappa shape index (κ1) is 13.7. The zero-order valence-electron chi connectivity index (χ0n) is 11.8. The number of carbonyl (C=O) groups is 1. The largest absolute Gasteiger partial charge is 0.397 e. The first-order valence-electron chi connectivity index (χ1n) is 6.53. The van der Waals surface area contributed by atoms with Crippen LogP contribution in [0, 0.1) is 0 Å². The third kappa shape index (κ3) is 3.17. The number of likely N-dealkylation sites (tertiary alicyclic amines) is 1. The average molecular weight is 262 g/mol. The van der Waals surface area contributed by atoms with E-state index in [1.807, 2.05) is 12.1 Å². The highest BCUT2D eigenvalue weighted by molar-refractivity contribution is 5.95. The van der Waals surface area contributed by atoms with E-state index < -0.39 is 0 Å². The quantitative estimate of drug-likeness (QED) is 0.800. The van der Waals surface area contributed by atoms with E-state index in [0.717, 1.165) is 25.2 Å². The summed E-state index contributed by atoms with van der Waals surface area (Å²) in [4.78, 5) is 15.7. The lowest BCUT2D eigenvalue weighted by atomic mass is 10.1. The Hall–Kier alpha value is -1.75. The van der Waals surface area contributed by atoms with Gasteiger partial charge in [-0.15, -0.1) is 0 Å². The van der Waals surface area contributed by atoms with Crippen LogP contribution in [-0.4, -0.2) is 56.0 Å². The van der Waals surface area contributed by atoms with Crippen LogP contribution in [-0.2, 0) is 0 Å². The first-order chi connectivity index (χ1) is 8.97. The summed E-state index contributed by atoms with van der Waals surface area (Å²) in [5.41, 5.74) is 8.19. The van der Waals surface area contributed by atoms with Crippen molar-refractivity contribution in [1.29, 1.82) is 0 Å². The Bertz CT molecular complexity index is 473. The standard InChI is InChI=1S/C14H22N4O/c1-17(2)14(19)10-4-5-13(12(15)8-10)16-11-6-7-18(3)9-11/h4-5,8,11,16H,6-7,9,15H2,1-3H3. The predicted octanol–water partition coefficient (Wildman–Crippen LogP) is 1.09. The number of amides is 1. The Balaban J connectivity index is 2.09. The molecule has 19 heavy (non-hydrogen) atoms. The molecule has 0 bridgehead atoms. The van der Waals surface area contributed by atoms with E-state index in [1.165, 1.54) is 0 Å². The second-order valence-electron chi connectivity index (χ2n) is 5.39. The second kappa shape index (κ2) is 5.48. The van der Waals surface area contributed by atoms with Crippen LogP contribution in [0.15, 0.2) is 18.2 Å². The van der Waals surface area contributed by atoms with Crippen LogP contribution in [0.2, 0.25) is 0 Å². The Morgan fingerprint density at radius 2 is 2.21 bits per heavy atom. The lowest BCUT2D eigenvalue weighted by molar-refractivity contribution is 0.0827. The number of hydrogen-bond donors (Lipinski definition) is 2. The molecule has 1 atom stereocenters. The molecule has 1 aliphatic rings. The topological polar surface area (TPSA) is 61.6 Å². The molecular formula is C14H22N4O. The number of rotatable bonds is 3. The lowest BCUT2D eigenvalue weighted by Gasteiger charge is -2.17. The molecule has 0 spiro atoms. The Kier molecular flexibility index (Phi) is 3.95. The van der Waals surface area contributed by atoms with Crippen molar-refractivity contribution in [1.82, 2.24) is 9.80 Å². The van der Waals surface area contributed by atoms with E-state index in [4.69, 9.17) is 5.73 Å². The summed E-state index contributed by atoms with van der Waals surface area (Å²) < 4.78 is 0. The van der Waals surface area contributed by atoms with Crippen LogP contribution in [0.4, 0.5) is 11.4 Å². The van der Waals surface area contributed by atoms with Crippen LogP contribution in [0.25, 0.3) is 0 Å². The SMILES string of the molecule is CN1CCC(Nc2ccc(C(=O)N(C)C)cc2N)C1. The minimum atomic E-state index is -0.0288. The molecule has 5 nitrogen and oxygen atoms in total. The Morgan fingerprint density at radius 3 is 2.74 bits per heavy atom. The van der Waals surface area contributed by atoms with Gasteiger partial charge in [-0.3, -0.25) is 4.79 Å². The summed E-state index contributed by atoms with van der Waals surface area (Å²) >= 11 is 0. The highest BCUT2D eigenvalue weighted by atomic mass is 16.2. The number of nitrogens with one attached hydrogen (secondary N) is 1. The summed E-state index contributed by atoms with van der Waals surface area (Å²) in [6.07, 6.45) is 1.12. The van der Waals surface area contributed by atoms with Gasteiger partial charge in [0.05, 0.1) is 11.4 Å². The molecule has 1 aliphatic heterocycles. The van der Waals surface area contributed by atoms with Gasteiger partial charge in [-0.05, 0) is 38.2 Å². The van der Waals surface area contributed by atoms with Crippen molar-refractivity contribution in [3.8, 4) is 0 Å². The van der Waals surface area contributed by atoms with Gasteiger partial charge in [-0.1, -0.05) is 0 Å². The predicted molar refractivity (Wildman–Crippen MR) is 78.4 cm³/mol. The number of hydrogen-bond acceptors (Lipinski definition) is 4. The van der Waals surface area contributed by atoms with Gasteiger partial charge < -0.3 is 20.9 Å². The molecule has 1 aromatic carbocycles. The number of anilines is 2. The molecule has 0 saturated carbocycles. The fourth-order valence-corrected chi connectivity index (χ4v) is 2.36. The smallest absolute Gasteiger partial charge is 0.253 e. The lowest BCUT2D eigenvalue weighted by Crippen LogP contribution is -2.24. The summed E-state index contributed by atoms with van der Waals surface area (Å²) in [5.74, 6) is -0.0288. The van der Waals surface area contributed by atoms with Crippen LogP contribution in [0.1, 0.15) is 16.8 Å². The van der Waals surface area contributed by atoms with Crippen molar-refractivity contribution in [2.45, 2.75) is 12.5 Å². The van der Waals surface area contributed by atoms with Crippen molar-refractivity contribution in [3.63, 3.8) is 0 Å². The van der Waals surface area contributed by atoms with Crippen molar-refractivity contribution >= 4 is 17.3 Å². The molecule has 2 rings (SSSR count). The van der Waals surface area contributed by atoms with Crippen LogP contribution >= 0.6 is 0 Å². The van der Waals surface area contributed by atoms with Crippen molar-refractivity contribution < 1.29 is 4.79 Å². The number of carbonyl (C=O) groups excluding carboxylic acids is 1. The molecule has 1 unspecified atom stereocenters. The minimum Gasteiger partial charge on any atom is -0.397 e. The second-order valence-corrected chi connectivity index (χ2v) is 5.39. The minimum absolute atomic E-state index is 0.0288. The highest BCUT2D eigenvalue weighted by Gasteiger charge is 2.20. The Morgan fingerprint density at radius 1 is 1.47 bits per heavy atom. The van der Waals surface area contributed by atoms with Gasteiger partial charge >= 0.3 is 0 Å². The van der Waals surface area contributed by atoms with E-state index in [-0.39, 0.29) is 5.91 Å². The van der Waals surface area contributed by atoms with Gasteiger partial charge in [-0.25, -0.2) is 0 Å². The third-order valence-electron chi connectivity index (χ3n) is 3.46. The molecule has 1 fully saturated rings. The van der Waals surface area contributed by atoms with Gasteiger partial charge in [0.25, 0.3) is 5.91 Å². The third-order valence-corrected chi connectivity index (χ3v) is 3.46. The number of nitrogen functional groups attached to an aromatic ring is 1. The summed E-state index contributed by atoms with van der Waals surface area (Å²) in [6, 6.07) is 5.88. The molecule has 3 N–H and O–H groups in total. The number of nitrogens with two attached hydrogens (primary N) is 1. The van der Waals surface area contributed by atoms with Crippen molar-refractivity contribution in [3.05, 3.63) is 23.8 Å².